The molecular weight excluding hydrogens is 318 g/mol. The molecule has 22 heavy (non-hydrogen) atoms. The van der Waals surface area contributed by atoms with E-state index in [1.807, 2.05) is 55.5 Å². The summed E-state index contributed by atoms with van der Waals surface area (Å²) in [6, 6.07) is 15.2. The number of benzene rings is 2. The second-order valence-corrected chi connectivity index (χ2v) is 6.08. The Morgan fingerprint density at radius 1 is 1.14 bits per heavy atom. The first kappa shape index (κ1) is 16.7. The number of halogens is 1. The zero-order valence-electron chi connectivity index (χ0n) is 12.3. The van der Waals surface area contributed by atoms with Gasteiger partial charge in [0.15, 0.2) is 0 Å². The van der Waals surface area contributed by atoms with E-state index < -0.39 is 0 Å². The normalized spacial score (nSPS) is 10.3. The predicted molar refractivity (Wildman–Crippen MR) is 91.6 cm³/mol. The molecule has 0 aliphatic heterocycles. The maximum Gasteiger partial charge on any atom is 0.230 e. The highest BCUT2D eigenvalue weighted by atomic mass is 35.5. The van der Waals surface area contributed by atoms with Gasteiger partial charge in [-0.15, -0.1) is 11.8 Å². The number of carbonyl (C=O) groups is 1. The fourth-order valence-electron chi connectivity index (χ4n) is 1.80. The van der Waals surface area contributed by atoms with Gasteiger partial charge in [-0.25, -0.2) is 0 Å². The Hall–Kier alpha value is -1.65. The van der Waals surface area contributed by atoms with Gasteiger partial charge in [0.2, 0.25) is 5.91 Å². The lowest BCUT2D eigenvalue weighted by molar-refractivity contribution is -0.118. The Kier molecular flexibility index (Phi) is 6.62. The molecule has 2 aromatic rings. The van der Waals surface area contributed by atoms with E-state index in [0.29, 0.717) is 23.9 Å². The van der Waals surface area contributed by atoms with Gasteiger partial charge in [-0.2, -0.15) is 0 Å². The van der Waals surface area contributed by atoms with Gasteiger partial charge in [0.1, 0.15) is 5.75 Å². The van der Waals surface area contributed by atoms with E-state index in [4.69, 9.17) is 16.3 Å². The summed E-state index contributed by atoms with van der Waals surface area (Å²) in [6.45, 7) is 3.12. The molecular formula is C17H18ClNO2S. The van der Waals surface area contributed by atoms with E-state index in [1.165, 1.54) is 11.8 Å². The lowest BCUT2D eigenvalue weighted by atomic mass is 10.2. The van der Waals surface area contributed by atoms with Gasteiger partial charge in [-0.1, -0.05) is 23.7 Å². The minimum absolute atomic E-state index is 0.00818. The van der Waals surface area contributed by atoms with Crippen LogP contribution < -0.4 is 10.1 Å². The molecule has 0 aliphatic rings. The quantitative estimate of drug-likeness (QED) is 0.772. The van der Waals surface area contributed by atoms with Crippen molar-refractivity contribution in [2.75, 3.05) is 12.4 Å². The monoisotopic (exact) mass is 335 g/mol. The Labute approximate surface area is 140 Å². The zero-order chi connectivity index (χ0) is 15.8. The maximum atomic E-state index is 11.8. The lowest BCUT2D eigenvalue weighted by Crippen LogP contribution is -2.24. The molecule has 3 nitrogen and oxygen atoms in total. The molecule has 1 amide bonds. The summed E-state index contributed by atoms with van der Waals surface area (Å²) in [7, 11) is 0. The van der Waals surface area contributed by atoms with Crippen molar-refractivity contribution in [1.29, 1.82) is 0 Å². The number of hydrogen-bond donors (Lipinski definition) is 1. The molecule has 0 heterocycles. The van der Waals surface area contributed by atoms with E-state index >= 15 is 0 Å². The van der Waals surface area contributed by atoms with Gasteiger partial charge in [0, 0.05) is 16.5 Å². The van der Waals surface area contributed by atoms with Gasteiger partial charge in [0.25, 0.3) is 0 Å². The van der Waals surface area contributed by atoms with Crippen molar-refractivity contribution in [2.45, 2.75) is 18.4 Å². The summed E-state index contributed by atoms with van der Waals surface area (Å²) in [4.78, 5) is 12.9. The minimum atomic E-state index is 0.00818. The molecule has 0 aliphatic carbocycles. The van der Waals surface area contributed by atoms with Gasteiger partial charge in [-0.3, -0.25) is 4.79 Å². The molecule has 0 fully saturated rings. The first-order valence-corrected chi connectivity index (χ1v) is 8.40. The van der Waals surface area contributed by atoms with Crippen LogP contribution in [0.25, 0.3) is 0 Å². The summed E-state index contributed by atoms with van der Waals surface area (Å²) < 4.78 is 5.38. The lowest BCUT2D eigenvalue weighted by Gasteiger charge is -2.06. The van der Waals surface area contributed by atoms with E-state index in [-0.39, 0.29) is 5.91 Å². The van der Waals surface area contributed by atoms with Crippen LogP contribution in [0.15, 0.2) is 53.4 Å². The smallest absolute Gasteiger partial charge is 0.230 e. The molecule has 5 heteroatoms. The molecule has 0 spiro atoms. The highest BCUT2D eigenvalue weighted by Crippen LogP contribution is 2.21. The first-order chi connectivity index (χ1) is 10.7. The van der Waals surface area contributed by atoms with Gasteiger partial charge in [0.05, 0.1) is 12.4 Å². The maximum absolute atomic E-state index is 11.8. The Morgan fingerprint density at radius 3 is 2.45 bits per heavy atom. The molecule has 116 valence electrons. The number of thioether (sulfide) groups is 1. The molecule has 0 saturated heterocycles. The van der Waals surface area contributed by atoms with Crippen LogP contribution in [0, 0.1) is 0 Å². The van der Waals surface area contributed by atoms with Crippen LogP contribution in [0.1, 0.15) is 12.5 Å². The highest BCUT2D eigenvalue weighted by molar-refractivity contribution is 8.00. The number of carbonyl (C=O) groups excluding carboxylic acids is 1. The summed E-state index contributed by atoms with van der Waals surface area (Å²) in [5.74, 6) is 1.24. The SMILES string of the molecule is CCOc1ccc(SCC(=O)NCc2ccc(Cl)cc2)cc1. The van der Waals surface area contributed by atoms with Crippen LogP contribution in [0.3, 0.4) is 0 Å². The standard InChI is InChI=1S/C17H18ClNO2S/c1-2-21-15-7-9-16(10-8-15)22-12-17(20)19-11-13-3-5-14(18)6-4-13/h3-10H,2,11-12H2,1H3,(H,19,20). The van der Waals surface area contributed by atoms with Crippen LogP contribution in [-0.4, -0.2) is 18.3 Å². The minimum Gasteiger partial charge on any atom is -0.494 e. The van der Waals surface area contributed by atoms with Crippen LogP contribution in [0.5, 0.6) is 5.75 Å². The third-order valence-corrected chi connectivity index (χ3v) is 4.17. The fourth-order valence-corrected chi connectivity index (χ4v) is 2.66. The first-order valence-electron chi connectivity index (χ1n) is 7.04. The zero-order valence-corrected chi connectivity index (χ0v) is 13.9. The van der Waals surface area contributed by atoms with Crippen molar-refractivity contribution < 1.29 is 9.53 Å². The van der Waals surface area contributed by atoms with E-state index in [2.05, 4.69) is 5.32 Å². The molecule has 0 saturated carbocycles. The third-order valence-electron chi connectivity index (χ3n) is 2.91. The molecule has 2 aromatic carbocycles. The van der Waals surface area contributed by atoms with E-state index in [1.54, 1.807) is 0 Å². The van der Waals surface area contributed by atoms with Crippen LogP contribution in [0.2, 0.25) is 5.02 Å². The Balaban J connectivity index is 1.74. The van der Waals surface area contributed by atoms with E-state index in [0.717, 1.165) is 16.2 Å². The van der Waals surface area contributed by atoms with Crippen LogP contribution in [-0.2, 0) is 11.3 Å². The highest BCUT2D eigenvalue weighted by Gasteiger charge is 2.03. The average Bonchev–Trinajstić information content (AvgIpc) is 2.54. The van der Waals surface area contributed by atoms with Crippen molar-refractivity contribution in [1.82, 2.24) is 5.32 Å². The van der Waals surface area contributed by atoms with E-state index in [9.17, 15) is 4.79 Å². The summed E-state index contributed by atoms with van der Waals surface area (Å²) >= 11 is 7.33. The molecule has 0 unspecified atom stereocenters. The largest absolute Gasteiger partial charge is 0.494 e. The van der Waals surface area contributed by atoms with Crippen molar-refractivity contribution in [3.05, 3.63) is 59.1 Å². The number of rotatable bonds is 7. The van der Waals surface area contributed by atoms with Crippen molar-refractivity contribution in [2.24, 2.45) is 0 Å². The fraction of sp³-hybridized carbons (Fsp3) is 0.235. The Morgan fingerprint density at radius 2 is 1.82 bits per heavy atom. The van der Waals surface area contributed by atoms with Crippen molar-refractivity contribution >= 4 is 29.3 Å². The number of ether oxygens (including phenoxy) is 1. The van der Waals surface area contributed by atoms with Crippen LogP contribution >= 0.6 is 23.4 Å². The summed E-state index contributed by atoms with van der Waals surface area (Å²) in [6.07, 6.45) is 0. The molecule has 0 atom stereocenters. The van der Waals surface area contributed by atoms with Gasteiger partial charge < -0.3 is 10.1 Å². The molecule has 1 N–H and O–H groups in total. The number of hydrogen-bond acceptors (Lipinski definition) is 3. The molecule has 0 bridgehead atoms. The second-order valence-electron chi connectivity index (χ2n) is 4.60. The number of amides is 1. The Bertz CT molecular complexity index is 599. The summed E-state index contributed by atoms with van der Waals surface area (Å²) in [5.41, 5.74) is 1.03. The average molecular weight is 336 g/mol. The molecule has 2 rings (SSSR count). The molecule has 0 aromatic heterocycles. The third kappa shape index (κ3) is 5.62. The van der Waals surface area contributed by atoms with Crippen molar-refractivity contribution in [3.63, 3.8) is 0 Å². The van der Waals surface area contributed by atoms with Gasteiger partial charge in [-0.05, 0) is 48.9 Å². The second kappa shape index (κ2) is 8.71. The molecule has 0 radical (unpaired) electrons. The number of nitrogens with one attached hydrogen (secondary N) is 1. The van der Waals surface area contributed by atoms with Crippen LogP contribution in [0.4, 0.5) is 0 Å². The van der Waals surface area contributed by atoms with Gasteiger partial charge >= 0.3 is 0 Å². The summed E-state index contributed by atoms with van der Waals surface area (Å²) in [5, 5.41) is 3.59. The topological polar surface area (TPSA) is 38.3 Å². The van der Waals surface area contributed by atoms with Crippen molar-refractivity contribution in [3.8, 4) is 5.75 Å². The predicted octanol–water partition coefficient (Wildman–Crippen LogP) is 4.15.